The summed E-state index contributed by atoms with van der Waals surface area (Å²) in [6.45, 7) is 0.428. The van der Waals surface area contributed by atoms with E-state index in [0.29, 0.717) is 22.8 Å². The predicted octanol–water partition coefficient (Wildman–Crippen LogP) is 6.89. The van der Waals surface area contributed by atoms with E-state index in [0.717, 1.165) is 24.0 Å². The lowest BCUT2D eigenvalue weighted by Gasteiger charge is -2.12. The van der Waals surface area contributed by atoms with E-state index < -0.39 is 5.97 Å². The number of carboxylic acids is 1. The quantitative estimate of drug-likeness (QED) is 0.181. The second-order valence-corrected chi connectivity index (χ2v) is 9.04. The van der Waals surface area contributed by atoms with Crippen LogP contribution in [-0.4, -0.2) is 11.1 Å². The Balaban J connectivity index is 1.83. The second kappa shape index (κ2) is 10.3. The Morgan fingerprint density at radius 3 is 2.13 bits per heavy atom. The first-order valence-electron chi connectivity index (χ1n) is 8.69. The van der Waals surface area contributed by atoms with Crippen LogP contribution in [0.15, 0.2) is 60.7 Å². The molecule has 0 aliphatic carbocycles. The van der Waals surface area contributed by atoms with Gasteiger partial charge in [-0.25, -0.2) is 4.79 Å². The molecule has 0 atom stereocenters. The highest BCUT2D eigenvalue weighted by atomic mass is 127. The molecule has 0 aliphatic rings. The van der Waals surface area contributed by atoms with Crippen molar-refractivity contribution in [2.45, 2.75) is 6.61 Å². The number of aromatic carboxylic acids is 1. The van der Waals surface area contributed by atoms with Crippen LogP contribution in [0.2, 0.25) is 5.02 Å². The van der Waals surface area contributed by atoms with Crippen LogP contribution in [0.1, 0.15) is 27.0 Å². The van der Waals surface area contributed by atoms with Crippen molar-refractivity contribution >= 4 is 74.4 Å². The van der Waals surface area contributed by atoms with Crippen molar-refractivity contribution in [1.29, 1.82) is 5.26 Å². The third-order valence-corrected chi connectivity index (χ3v) is 6.05. The monoisotopic (exact) mass is 641 g/mol. The van der Waals surface area contributed by atoms with Gasteiger partial charge in [-0.05, 0) is 104 Å². The summed E-state index contributed by atoms with van der Waals surface area (Å²) in [5.41, 5.74) is 3.18. The Morgan fingerprint density at radius 2 is 1.60 bits per heavy atom. The molecule has 0 bridgehead atoms. The standard InChI is InChI=1S/C23H14ClI2NO3/c24-19-7-1-14(2-8-19)13-30-22-20(25)10-15(11-21(22)26)9-18(12-27)16-3-5-17(6-4-16)23(28)29/h1-11H,13H2,(H,28,29)/b18-9-. The maximum absolute atomic E-state index is 11.0. The van der Waals surface area contributed by atoms with Crippen LogP contribution in [0.4, 0.5) is 0 Å². The van der Waals surface area contributed by atoms with Crippen LogP contribution in [-0.2, 0) is 6.61 Å². The number of nitriles is 1. The van der Waals surface area contributed by atoms with Gasteiger partial charge in [-0.1, -0.05) is 35.9 Å². The molecule has 0 saturated heterocycles. The van der Waals surface area contributed by atoms with Crippen molar-refractivity contribution in [3.8, 4) is 11.8 Å². The highest BCUT2D eigenvalue weighted by Crippen LogP contribution is 2.31. The first-order chi connectivity index (χ1) is 14.4. The molecule has 0 amide bonds. The van der Waals surface area contributed by atoms with Gasteiger partial charge < -0.3 is 9.84 Å². The molecule has 3 rings (SSSR count). The molecule has 0 aliphatic heterocycles. The summed E-state index contributed by atoms with van der Waals surface area (Å²) in [6.07, 6.45) is 1.78. The van der Waals surface area contributed by atoms with E-state index in [1.807, 2.05) is 36.4 Å². The SMILES string of the molecule is N#C/C(=C/c1cc(I)c(OCc2ccc(Cl)cc2)c(I)c1)c1ccc(C(=O)O)cc1. The lowest BCUT2D eigenvalue weighted by molar-refractivity contribution is 0.0697. The van der Waals surface area contributed by atoms with Crippen LogP contribution in [0.3, 0.4) is 0 Å². The molecule has 3 aromatic carbocycles. The van der Waals surface area contributed by atoms with E-state index in [1.165, 1.54) is 12.1 Å². The average Bonchev–Trinajstić information content (AvgIpc) is 2.73. The lowest BCUT2D eigenvalue weighted by Crippen LogP contribution is -1.99. The Bertz CT molecular complexity index is 1130. The normalized spacial score (nSPS) is 11.1. The van der Waals surface area contributed by atoms with Gasteiger partial charge in [0.15, 0.2) is 0 Å². The number of halogens is 3. The molecular formula is C23H14ClI2NO3. The third-order valence-electron chi connectivity index (χ3n) is 4.19. The Morgan fingerprint density at radius 1 is 1.03 bits per heavy atom. The van der Waals surface area contributed by atoms with Gasteiger partial charge in [0.05, 0.1) is 24.3 Å². The van der Waals surface area contributed by atoms with Crippen LogP contribution < -0.4 is 4.74 Å². The van der Waals surface area contributed by atoms with Crippen LogP contribution >= 0.6 is 56.8 Å². The zero-order valence-corrected chi connectivity index (χ0v) is 20.5. The molecule has 150 valence electrons. The van der Waals surface area contributed by atoms with Crippen molar-refractivity contribution in [3.05, 3.63) is 95.1 Å². The molecule has 0 aromatic heterocycles. The van der Waals surface area contributed by atoms with Gasteiger partial charge in [0, 0.05) is 5.02 Å². The highest BCUT2D eigenvalue weighted by Gasteiger charge is 2.11. The summed E-state index contributed by atoms with van der Waals surface area (Å²) < 4.78 is 7.86. The second-order valence-electron chi connectivity index (χ2n) is 6.28. The van der Waals surface area contributed by atoms with Crippen molar-refractivity contribution in [1.82, 2.24) is 0 Å². The van der Waals surface area contributed by atoms with E-state index in [2.05, 4.69) is 51.3 Å². The molecule has 0 fully saturated rings. The zero-order chi connectivity index (χ0) is 21.7. The number of benzene rings is 3. The van der Waals surface area contributed by atoms with Gasteiger partial charge >= 0.3 is 5.97 Å². The van der Waals surface area contributed by atoms with E-state index >= 15 is 0 Å². The number of carboxylic acid groups (broad SMARTS) is 1. The number of allylic oxidation sites excluding steroid dienone is 1. The minimum Gasteiger partial charge on any atom is -0.487 e. The number of nitrogens with zero attached hydrogens (tertiary/aromatic N) is 1. The number of hydrogen-bond acceptors (Lipinski definition) is 3. The van der Waals surface area contributed by atoms with E-state index in [4.69, 9.17) is 21.4 Å². The number of carbonyl (C=O) groups is 1. The van der Waals surface area contributed by atoms with Gasteiger partial charge in [-0.2, -0.15) is 5.26 Å². The molecule has 3 aromatic rings. The van der Waals surface area contributed by atoms with Gasteiger partial charge in [-0.3, -0.25) is 0 Å². The maximum atomic E-state index is 11.0. The molecule has 0 saturated carbocycles. The van der Waals surface area contributed by atoms with E-state index in [9.17, 15) is 10.1 Å². The van der Waals surface area contributed by atoms with Gasteiger partial charge in [0.25, 0.3) is 0 Å². The van der Waals surface area contributed by atoms with Crippen LogP contribution in [0, 0.1) is 18.5 Å². The first-order valence-corrected chi connectivity index (χ1v) is 11.2. The van der Waals surface area contributed by atoms with Crippen molar-refractivity contribution in [3.63, 3.8) is 0 Å². The average molecular weight is 642 g/mol. The van der Waals surface area contributed by atoms with Crippen molar-refractivity contribution in [2.24, 2.45) is 0 Å². The summed E-state index contributed by atoms with van der Waals surface area (Å²) in [5.74, 6) is -0.213. The fraction of sp³-hybridized carbons (Fsp3) is 0.0435. The lowest BCUT2D eigenvalue weighted by atomic mass is 10.0. The minimum atomic E-state index is -0.998. The molecular weight excluding hydrogens is 628 g/mol. The van der Waals surface area contributed by atoms with Gasteiger partial charge in [-0.15, -0.1) is 0 Å². The summed E-state index contributed by atoms with van der Waals surface area (Å²) in [4.78, 5) is 11.0. The Kier molecular flexibility index (Phi) is 7.75. The Labute approximate surface area is 206 Å². The molecule has 4 nitrogen and oxygen atoms in total. The molecule has 30 heavy (non-hydrogen) atoms. The largest absolute Gasteiger partial charge is 0.487 e. The van der Waals surface area contributed by atoms with E-state index in [1.54, 1.807) is 18.2 Å². The van der Waals surface area contributed by atoms with Gasteiger partial charge in [0.2, 0.25) is 0 Å². The highest BCUT2D eigenvalue weighted by molar-refractivity contribution is 14.1. The number of rotatable bonds is 6. The molecule has 1 N–H and O–H groups in total. The summed E-state index contributed by atoms with van der Waals surface area (Å²) in [5, 5.41) is 19.3. The van der Waals surface area contributed by atoms with Crippen LogP contribution in [0.5, 0.6) is 5.75 Å². The molecule has 0 radical (unpaired) electrons. The molecule has 0 unspecified atom stereocenters. The minimum absolute atomic E-state index is 0.183. The zero-order valence-electron chi connectivity index (χ0n) is 15.4. The molecule has 0 spiro atoms. The topological polar surface area (TPSA) is 70.3 Å². The maximum Gasteiger partial charge on any atom is 0.335 e. The predicted molar refractivity (Wildman–Crippen MR) is 135 cm³/mol. The fourth-order valence-electron chi connectivity index (χ4n) is 2.68. The smallest absolute Gasteiger partial charge is 0.335 e. The van der Waals surface area contributed by atoms with Gasteiger partial charge in [0.1, 0.15) is 12.4 Å². The Hall–Kier alpha value is -2.09. The third kappa shape index (κ3) is 5.74. The number of hydrogen-bond donors (Lipinski definition) is 1. The summed E-state index contributed by atoms with van der Waals surface area (Å²) in [7, 11) is 0. The molecule has 0 heterocycles. The van der Waals surface area contributed by atoms with Crippen molar-refractivity contribution in [2.75, 3.05) is 0 Å². The summed E-state index contributed by atoms with van der Waals surface area (Å²) in [6, 6.07) is 19.8. The number of ether oxygens (including phenoxy) is 1. The fourth-order valence-corrected chi connectivity index (χ4v) is 4.93. The van der Waals surface area contributed by atoms with Crippen LogP contribution in [0.25, 0.3) is 11.6 Å². The summed E-state index contributed by atoms with van der Waals surface area (Å²) >= 11 is 10.4. The molecule has 7 heteroatoms. The van der Waals surface area contributed by atoms with E-state index in [-0.39, 0.29) is 5.56 Å². The first kappa shape index (κ1) is 22.6. The van der Waals surface area contributed by atoms with Crippen molar-refractivity contribution < 1.29 is 14.6 Å².